The van der Waals surface area contributed by atoms with Crippen molar-refractivity contribution < 1.29 is 9.90 Å². The standard InChI is InChI=1S/C17H34N2O2/c1-14(2)12-15(10-11-20)13-18-17(21)19(3)16-8-6-4-5-7-9-16/h14-16,20H,4-13H2,1-3H3,(H,18,21). The second kappa shape index (κ2) is 10.0. The van der Waals surface area contributed by atoms with Crippen LogP contribution in [0.1, 0.15) is 65.2 Å². The van der Waals surface area contributed by atoms with Crippen molar-refractivity contribution in [2.75, 3.05) is 20.2 Å². The van der Waals surface area contributed by atoms with Gasteiger partial charge in [-0.3, -0.25) is 0 Å². The molecule has 0 aliphatic heterocycles. The van der Waals surface area contributed by atoms with Crippen molar-refractivity contribution in [1.82, 2.24) is 10.2 Å². The van der Waals surface area contributed by atoms with Crippen molar-refractivity contribution in [2.45, 2.75) is 71.3 Å². The number of aliphatic hydroxyl groups excluding tert-OH is 1. The zero-order chi connectivity index (χ0) is 15.7. The third kappa shape index (κ3) is 7.16. The molecule has 21 heavy (non-hydrogen) atoms. The zero-order valence-electron chi connectivity index (χ0n) is 14.1. The van der Waals surface area contributed by atoms with Crippen LogP contribution in [0, 0.1) is 11.8 Å². The summed E-state index contributed by atoms with van der Waals surface area (Å²) in [6.07, 6.45) is 9.18. The number of hydrogen-bond acceptors (Lipinski definition) is 2. The van der Waals surface area contributed by atoms with Crippen molar-refractivity contribution in [2.24, 2.45) is 11.8 Å². The number of rotatable bonds is 7. The molecule has 2 N–H and O–H groups in total. The lowest BCUT2D eigenvalue weighted by molar-refractivity contribution is 0.178. The Kier molecular flexibility index (Phi) is 8.74. The second-order valence-electron chi connectivity index (χ2n) is 6.95. The van der Waals surface area contributed by atoms with E-state index in [2.05, 4.69) is 19.2 Å². The summed E-state index contributed by atoms with van der Waals surface area (Å²) in [5.41, 5.74) is 0. The summed E-state index contributed by atoms with van der Waals surface area (Å²) in [6.45, 7) is 5.24. The molecular weight excluding hydrogens is 264 g/mol. The van der Waals surface area contributed by atoms with Crippen LogP contribution in [-0.2, 0) is 0 Å². The van der Waals surface area contributed by atoms with Crippen molar-refractivity contribution in [1.29, 1.82) is 0 Å². The highest BCUT2D eigenvalue weighted by atomic mass is 16.3. The van der Waals surface area contributed by atoms with E-state index in [0.717, 1.165) is 25.7 Å². The van der Waals surface area contributed by atoms with Crippen LogP contribution in [0.3, 0.4) is 0 Å². The van der Waals surface area contributed by atoms with E-state index in [1.165, 1.54) is 25.7 Å². The van der Waals surface area contributed by atoms with E-state index in [1.807, 2.05) is 11.9 Å². The quantitative estimate of drug-likeness (QED) is 0.708. The monoisotopic (exact) mass is 298 g/mol. The zero-order valence-corrected chi connectivity index (χ0v) is 14.1. The van der Waals surface area contributed by atoms with Gasteiger partial charge in [-0.05, 0) is 37.5 Å². The molecule has 0 heterocycles. The number of carbonyl (C=O) groups excluding carboxylic acids is 1. The minimum Gasteiger partial charge on any atom is -0.396 e. The summed E-state index contributed by atoms with van der Waals surface area (Å²) < 4.78 is 0. The Labute approximate surface area is 130 Å². The fourth-order valence-electron chi connectivity index (χ4n) is 3.32. The van der Waals surface area contributed by atoms with Crippen LogP contribution in [0.2, 0.25) is 0 Å². The number of nitrogens with zero attached hydrogens (tertiary/aromatic N) is 1. The van der Waals surface area contributed by atoms with Gasteiger partial charge in [0, 0.05) is 26.2 Å². The number of carbonyl (C=O) groups is 1. The molecule has 2 amide bonds. The molecule has 0 saturated heterocycles. The van der Waals surface area contributed by atoms with Gasteiger partial charge in [0.15, 0.2) is 0 Å². The van der Waals surface area contributed by atoms with Gasteiger partial charge in [0.2, 0.25) is 0 Å². The van der Waals surface area contributed by atoms with Crippen LogP contribution in [0.4, 0.5) is 4.79 Å². The average molecular weight is 298 g/mol. The Bertz CT molecular complexity index is 287. The lowest BCUT2D eigenvalue weighted by Gasteiger charge is -2.28. The number of nitrogens with one attached hydrogen (secondary N) is 1. The Morgan fingerprint density at radius 1 is 1.24 bits per heavy atom. The Morgan fingerprint density at radius 2 is 1.86 bits per heavy atom. The normalized spacial score (nSPS) is 18.3. The predicted molar refractivity (Wildman–Crippen MR) is 87.3 cm³/mol. The van der Waals surface area contributed by atoms with Crippen molar-refractivity contribution >= 4 is 6.03 Å². The molecule has 1 atom stereocenters. The molecule has 0 aromatic heterocycles. The first-order valence-corrected chi connectivity index (χ1v) is 8.66. The number of aliphatic hydroxyl groups is 1. The van der Waals surface area contributed by atoms with Gasteiger partial charge in [-0.2, -0.15) is 0 Å². The molecule has 4 nitrogen and oxygen atoms in total. The SMILES string of the molecule is CC(C)CC(CCO)CNC(=O)N(C)C1CCCCCC1. The van der Waals surface area contributed by atoms with E-state index in [0.29, 0.717) is 24.4 Å². The van der Waals surface area contributed by atoms with Crippen molar-refractivity contribution in [3.8, 4) is 0 Å². The second-order valence-corrected chi connectivity index (χ2v) is 6.95. The first-order valence-electron chi connectivity index (χ1n) is 8.66. The molecule has 0 aromatic carbocycles. The predicted octanol–water partition coefficient (Wildman–Crippen LogP) is 3.40. The maximum atomic E-state index is 12.3. The molecule has 1 fully saturated rings. The fourth-order valence-corrected chi connectivity index (χ4v) is 3.32. The van der Waals surface area contributed by atoms with Gasteiger partial charge in [0.05, 0.1) is 0 Å². The van der Waals surface area contributed by atoms with E-state index in [-0.39, 0.29) is 12.6 Å². The van der Waals surface area contributed by atoms with E-state index < -0.39 is 0 Å². The minimum atomic E-state index is 0.0496. The van der Waals surface area contributed by atoms with E-state index in [9.17, 15) is 4.79 Å². The van der Waals surface area contributed by atoms with Crippen molar-refractivity contribution in [3.63, 3.8) is 0 Å². The van der Waals surface area contributed by atoms with Crippen LogP contribution in [0.15, 0.2) is 0 Å². The molecule has 1 rings (SSSR count). The van der Waals surface area contributed by atoms with E-state index in [1.54, 1.807) is 0 Å². The van der Waals surface area contributed by atoms with Crippen LogP contribution in [0.25, 0.3) is 0 Å². The maximum Gasteiger partial charge on any atom is 0.317 e. The summed E-state index contributed by atoms with van der Waals surface area (Å²) in [4.78, 5) is 14.2. The lowest BCUT2D eigenvalue weighted by atomic mass is 9.94. The summed E-state index contributed by atoms with van der Waals surface area (Å²) in [5.74, 6) is 0.972. The van der Waals surface area contributed by atoms with Crippen LogP contribution >= 0.6 is 0 Å². The first kappa shape index (κ1) is 18.3. The third-order valence-corrected chi connectivity index (χ3v) is 4.58. The molecule has 1 unspecified atom stereocenters. The fraction of sp³-hybridized carbons (Fsp3) is 0.941. The van der Waals surface area contributed by atoms with Gasteiger partial charge in [0.1, 0.15) is 0 Å². The highest BCUT2D eigenvalue weighted by Crippen LogP contribution is 2.21. The molecule has 124 valence electrons. The van der Waals surface area contributed by atoms with Crippen LogP contribution < -0.4 is 5.32 Å². The molecule has 0 bridgehead atoms. The summed E-state index contributed by atoms with van der Waals surface area (Å²) in [5, 5.41) is 12.2. The van der Waals surface area contributed by atoms with Gasteiger partial charge >= 0.3 is 6.03 Å². The maximum absolute atomic E-state index is 12.3. The van der Waals surface area contributed by atoms with Gasteiger partial charge in [-0.15, -0.1) is 0 Å². The van der Waals surface area contributed by atoms with E-state index >= 15 is 0 Å². The molecule has 1 saturated carbocycles. The van der Waals surface area contributed by atoms with Crippen molar-refractivity contribution in [3.05, 3.63) is 0 Å². The molecule has 0 spiro atoms. The first-order chi connectivity index (χ1) is 10.0. The van der Waals surface area contributed by atoms with Gasteiger partial charge in [-0.25, -0.2) is 4.79 Å². The highest BCUT2D eigenvalue weighted by molar-refractivity contribution is 5.74. The average Bonchev–Trinajstić information content (AvgIpc) is 2.72. The molecule has 0 aromatic rings. The van der Waals surface area contributed by atoms with Crippen LogP contribution in [-0.4, -0.2) is 42.3 Å². The smallest absolute Gasteiger partial charge is 0.317 e. The summed E-state index contributed by atoms with van der Waals surface area (Å²) >= 11 is 0. The van der Waals surface area contributed by atoms with Gasteiger partial charge in [-0.1, -0.05) is 39.5 Å². The number of amides is 2. The third-order valence-electron chi connectivity index (χ3n) is 4.58. The Hall–Kier alpha value is -0.770. The van der Waals surface area contributed by atoms with E-state index in [4.69, 9.17) is 5.11 Å². The minimum absolute atomic E-state index is 0.0496. The molecule has 0 radical (unpaired) electrons. The van der Waals surface area contributed by atoms with Gasteiger partial charge < -0.3 is 15.3 Å². The molecule has 1 aliphatic rings. The largest absolute Gasteiger partial charge is 0.396 e. The molecule has 4 heteroatoms. The number of urea groups is 1. The summed E-state index contributed by atoms with van der Waals surface area (Å²) in [7, 11) is 1.93. The summed E-state index contributed by atoms with van der Waals surface area (Å²) in [6, 6.07) is 0.447. The number of hydrogen-bond donors (Lipinski definition) is 2. The van der Waals surface area contributed by atoms with Crippen LogP contribution in [0.5, 0.6) is 0 Å². The van der Waals surface area contributed by atoms with Gasteiger partial charge in [0.25, 0.3) is 0 Å². The molecular formula is C17H34N2O2. The lowest BCUT2D eigenvalue weighted by Crippen LogP contribution is -2.45. The Morgan fingerprint density at radius 3 is 2.38 bits per heavy atom. The highest BCUT2D eigenvalue weighted by Gasteiger charge is 2.21. The Balaban J connectivity index is 2.39. The molecule has 1 aliphatic carbocycles. The topological polar surface area (TPSA) is 52.6 Å².